The number of rotatable bonds is 6. The van der Waals surface area contributed by atoms with E-state index in [9.17, 15) is 0 Å². The van der Waals surface area contributed by atoms with Gasteiger partial charge in [0, 0.05) is 27.5 Å². The van der Waals surface area contributed by atoms with E-state index in [1.165, 1.54) is 61.2 Å². The zero-order valence-electron chi connectivity index (χ0n) is 36.8. The highest BCUT2D eigenvalue weighted by atomic mass is 16.3. The molecule has 14 rings (SSSR count). The summed E-state index contributed by atoms with van der Waals surface area (Å²) in [5.74, 6) is 1.81. The molecule has 0 unspecified atom stereocenters. The highest BCUT2D eigenvalue weighted by Crippen LogP contribution is 2.64. The van der Waals surface area contributed by atoms with Gasteiger partial charge in [-0.15, -0.1) is 0 Å². The van der Waals surface area contributed by atoms with Crippen molar-refractivity contribution in [2.24, 2.45) is 0 Å². The molecule has 316 valence electrons. The van der Waals surface area contributed by atoms with Crippen LogP contribution in [0.2, 0.25) is 0 Å². The van der Waals surface area contributed by atoms with Gasteiger partial charge in [0.05, 0.1) is 5.41 Å². The van der Waals surface area contributed by atoms with Crippen LogP contribution in [0.3, 0.4) is 0 Å². The highest BCUT2D eigenvalue weighted by Gasteiger charge is 2.52. The SMILES string of the molecule is c1ccc(-c2ccc3oc4cc(-c5nc(-c6ccccc6)nc(-c6ccc(-c7ccc(-c8cccc9c8C8(c%10ccccc%10-c%10ccccc%108)c8ccccc8-9)cc7)cc6)n5)ccc4c3c2)cc1. The van der Waals surface area contributed by atoms with Crippen LogP contribution < -0.4 is 0 Å². The first-order valence-electron chi connectivity index (χ1n) is 23.2. The molecule has 2 aliphatic carbocycles. The first-order chi connectivity index (χ1) is 33.7. The molecule has 1 spiro atoms. The molecule has 10 aromatic carbocycles. The van der Waals surface area contributed by atoms with Crippen molar-refractivity contribution in [3.63, 3.8) is 0 Å². The summed E-state index contributed by atoms with van der Waals surface area (Å²) in [6.07, 6.45) is 0. The van der Waals surface area contributed by atoms with Crippen LogP contribution in [0.1, 0.15) is 22.3 Å². The lowest BCUT2D eigenvalue weighted by molar-refractivity contribution is 0.669. The standard InChI is InChI=1S/C64H39N3O/c1-3-14-40(15-4-1)46-35-37-58-54(38-46)52-36-34-47(39-59(52)68-58)63-66-61(44-16-5-2-6-17-44)65-62(67-63)45-32-28-42(29-33-45)41-26-30-43(31-27-41)48-21-13-22-53-51-20-9-12-25-57(51)64(60(48)53)55-23-10-7-18-49(55)50-19-8-11-24-56(50)64/h1-39H. The van der Waals surface area contributed by atoms with Crippen LogP contribution in [0.5, 0.6) is 0 Å². The van der Waals surface area contributed by atoms with Gasteiger partial charge in [0.1, 0.15) is 11.2 Å². The average Bonchev–Trinajstić information content (AvgIpc) is 4.05. The minimum Gasteiger partial charge on any atom is -0.456 e. The highest BCUT2D eigenvalue weighted by molar-refractivity contribution is 6.07. The molecular weight excluding hydrogens is 827 g/mol. The Labute approximate surface area is 393 Å². The van der Waals surface area contributed by atoms with Crippen molar-refractivity contribution in [3.05, 3.63) is 259 Å². The number of furan rings is 1. The summed E-state index contributed by atoms with van der Waals surface area (Å²) in [4.78, 5) is 15.2. The van der Waals surface area contributed by atoms with Gasteiger partial charge in [-0.05, 0) is 102 Å². The van der Waals surface area contributed by atoms with Crippen LogP contribution in [0.4, 0.5) is 0 Å². The Morgan fingerprint density at radius 3 is 1.31 bits per heavy atom. The van der Waals surface area contributed by atoms with Gasteiger partial charge in [-0.3, -0.25) is 0 Å². The first kappa shape index (κ1) is 38.3. The predicted octanol–water partition coefficient (Wildman–Crippen LogP) is 16.1. The molecule has 0 amide bonds. The zero-order chi connectivity index (χ0) is 44.8. The van der Waals surface area contributed by atoms with E-state index in [2.05, 4.69) is 194 Å². The molecule has 0 atom stereocenters. The van der Waals surface area contributed by atoms with Gasteiger partial charge in [-0.25, -0.2) is 15.0 Å². The van der Waals surface area contributed by atoms with Crippen molar-refractivity contribution in [2.75, 3.05) is 0 Å². The second kappa shape index (κ2) is 15.0. The monoisotopic (exact) mass is 865 g/mol. The Morgan fingerprint density at radius 1 is 0.265 bits per heavy atom. The molecule has 4 nitrogen and oxygen atoms in total. The summed E-state index contributed by atoms with van der Waals surface area (Å²) >= 11 is 0. The second-order valence-electron chi connectivity index (χ2n) is 17.8. The minimum atomic E-state index is -0.410. The molecule has 2 aliphatic rings. The lowest BCUT2D eigenvalue weighted by Crippen LogP contribution is -2.26. The van der Waals surface area contributed by atoms with E-state index < -0.39 is 5.41 Å². The van der Waals surface area contributed by atoms with Crippen LogP contribution in [-0.4, -0.2) is 15.0 Å². The Morgan fingerprint density at radius 2 is 0.691 bits per heavy atom. The van der Waals surface area contributed by atoms with E-state index in [1.54, 1.807) is 0 Å². The third-order valence-electron chi connectivity index (χ3n) is 14.2. The molecule has 0 fully saturated rings. The number of hydrogen-bond acceptors (Lipinski definition) is 4. The van der Waals surface area contributed by atoms with E-state index in [4.69, 9.17) is 19.4 Å². The molecule has 0 aliphatic heterocycles. The van der Waals surface area contributed by atoms with Crippen molar-refractivity contribution in [2.45, 2.75) is 5.41 Å². The van der Waals surface area contributed by atoms with Crippen LogP contribution in [0, 0.1) is 0 Å². The maximum Gasteiger partial charge on any atom is 0.164 e. The summed E-state index contributed by atoms with van der Waals surface area (Å²) in [6.45, 7) is 0. The maximum atomic E-state index is 6.43. The van der Waals surface area contributed by atoms with E-state index in [1.807, 2.05) is 42.5 Å². The minimum absolute atomic E-state index is 0.410. The van der Waals surface area contributed by atoms with Crippen LogP contribution in [0.25, 0.3) is 112 Å². The number of benzene rings is 10. The summed E-state index contributed by atoms with van der Waals surface area (Å²) in [5, 5.41) is 2.13. The number of hydrogen-bond donors (Lipinski definition) is 0. The first-order valence-corrected chi connectivity index (χ1v) is 23.2. The van der Waals surface area contributed by atoms with Crippen molar-refractivity contribution >= 4 is 21.9 Å². The second-order valence-corrected chi connectivity index (χ2v) is 17.8. The lowest BCUT2D eigenvalue weighted by atomic mass is 9.68. The normalized spacial score (nSPS) is 12.8. The predicted molar refractivity (Wildman–Crippen MR) is 276 cm³/mol. The van der Waals surface area contributed by atoms with Gasteiger partial charge in [0.25, 0.3) is 0 Å². The van der Waals surface area contributed by atoms with Crippen molar-refractivity contribution in [1.82, 2.24) is 15.0 Å². The largest absolute Gasteiger partial charge is 0.456 e. The van der Waals surface area contributed by atoms with Crippen LogP contribution in [0.15, 0.2) is 241 Å². The molecule has 68 heavy (non-hydrogen) atoms. The number of aromatic nitrogens is 3. The summed E-state index contributed by atoms with van der Waals surface area (Å²) in [6, 6.07) is 84.6. The molecule has 2 heterocycles. The van der Waals surface area contributed by atoms with Gasteiger partial charge >= 0.3 is 0 Å². The molecule has 0 radical (unpaired) electrons. The topological polar surface area (TPSA) is 51.8 Å². The van der Waals surface area contributed by atoms with E-state index in [0.717, 1.165) is 55.3 Å². The maximum absolute atomic E-state index is 6.43. The van der Waals surface area contributed by atoms with E-state index in [-0.39, 0.29) is 0 Å². The van der Waals surface area contributed by atoms with Gasteiger partial charge in [0.15, 0.2) is 17.5 Å². The van der Waals surface area contributed by atoms with E-state index >= 15 is 0 Å². The van der Waals surface area contributed by atoms with Gasteiger partial charge in [-0.2, -0.15) is 0 Å². The van der Waals surface area contributed by atoms with Gasteiger partial charge < -0.3 is 4.42 Å². The summed E-state index contributed by atoms with van der Waals surface area (Å²) in [7, 11) is 0. The van der Waals surface area contributed by atoms with Crippen molar-refractivity contribution in [3.8, 4) is 89.8 Å². The Balaban J connectivity index is 0.818. The summed E-state index contributed by atoms with van der Waals surface area (Å²) < 4.78 is 6.43. The van der Waals surface area contributed by atoms with Crippen LogP contribution in [-0.2, 0) is 5.41 Å². The van der Waals surface area contributed by atoms with Gasteiger partial charge in [-0.1, -0.05) is 212 Å². The third kappa shape index (κ3) is 5.77. The van der Waals surface area contributed by atoms with Crippen molar-refractivity contribution < 1.29 is 4.42 Å². The number of nitrogens with zero attached hydrogens (tertiary/aromatic N) is 3. The van der Waals surface area contributed by atoms with Crippen LogP contribution >= 0.6 is 0 Å². The number of fused-ring (bicyclic) bond motifs is 13. The molecular formula is C64H39N3O. The molecule has 0 saturated carbocycles. The fourth-order valence-electron chi connectivity index (χ4n) is 11.1. The smallest absolute Gasteiger partial charge is 0.164 e. The van der Waals surface area contributed by atoms with Crippen molar-refractivity contribution in [1.29, 1.82) is 0 Å². The van der Waals surface area contributed by atoms with Gasteiger partial charge in [0.2, 0.25) is 0 Å². The van der Waals surface area contributed by atoms with E-state index in [0.29, 0.717) is 17.5 Å². The molecule has 0 bridgehead atoms. The molecule has 2 aromatic heterocycles. The lowest BCUT2D eigenvalue weighted by Gasteiger charge is -2.32. The fourth-order valence-corrected chi connectivity index (χ4v) is 11.1. The summed E-state index contributed by atoms with van der Waals surface area (Å²) in [5.41, 5.74) is 21.6. The Bertz CT molecular complexity index is 3880. The fraction of sp³-hybridized carbons (Fsp3) is 0.0156. The quantitative estimate of drug-likeness (QED) is 0.167. The molecule has 0 N–H and O–H groups in total. The third-order valence-corrected chi connectivity index (χ3v) is 14.2. The Hall–Kier alpha value is -8.99. The molecule has 4 heteroatoms. The molecule has 0 saturated heterocycles. The average molecular weight is 866 g/mol. The zero-order valence-corrected chi connectivity index (χ0v) is 36.8. The molecule has 12 aromatic rings. The Kier molecular flexibility index (Phi) is 8.46.